The van der Waals surface area contributed by atoms with E-state index in [1.807, 2.05) is 0 Å². The fourth-order valence-electron chi connectivity index (χ4n) is 4.73. The van der Waals surface area contributed by atoms with Gasteiger partial charge >= 0.3 is 76.7 Å². The molecule has 1 aliphatic carbocycles. The summed E-state index contributed by atoms with van der Waals surface area (Å²) >= 11 is 1.51. The van der Waals surface area contributed by atoms with Gasteiger partial charge in [0, 0.05) is 0 Å². The van der Waals surface area contributed by atoms with E-state index in [-0.39, 0.29) is 35.6 Å². The number of fused-ring (bicyclic) bond motifs is 3. The predicted molar refractivity (Wildman–Crippen MR) is 171 cm³/mol. The molecule has 1 unspecified atom stereocenters. The molecule has 0 radical (unpaired) electrons. The first kappa shape index (κ1) is 37.4. The molecule has 4 aromatic carbocycles. The van der Waals surface area contributed by atoms with Crippen LogP contribution < -0.4 is 24.8 Å². The average Bonchev–Trinajstić information content (AvgIpc) is 3.35. The fourth-order valence-corrected chi connectivity index (χ4v) is 5.14. The van der Waals surface area contributed by atoms with Crippen LogP contribution >= 0.6 is 0 Å². The van der Waals surface area contributed by atoms with Crippen LogP contribution in [0.1, 0.15) is 91.5 Å². The van der Waals surface area contributed by atoms with Crippen LogP contribution in [0.25, 0.3) is 21.5 Å². The van der Waals surface area contributed by atoms with Crippen molar-refractivity contribution in [2.45, 2.75) is 87.0 Å². The molecule has 0 fully saturated rings. The van der Waals surface area contributed by atoms with Crippen LogP contribution in [0.4, 0.5) is 0 Å². The number of aryl methyl sites for hydroxylation is 1. The second-order valence-corrected chi connectivity index (χ2v) is 15.0. The van der Waals surface area contributed by atoms with Crippen LogP contribution in [-0.2, 0) is 35.1 Å². The molecule has 3 heteroatoms. The molecule has 0 aliphatic heterocycles. The van der Waals surface area contributed by atoms with E-state index < -0.39 is 0 Å². The van der Waals surface area contributed by atoms with Crippen molar-refractivity contribution in [3.63, 3.8) is 0 Å². The summed E-state index contributed by atoms with van der Waals surface area (Å²) in [5.74, 6) is 0.551. The van der Waals surface area contributed by atoms with Crippen molar-refractivity contribution in [2.75, 3.05) is 0 Å². The van der Waals surface area contributed by atoms with Gasteiger partial charge in [-0.3, -0.25) is 6.08 Å². The summed E-state index contributed by atoms with van der Waals surface area (Å²) in [6.07, 6.45) is 5.52. The summed E-state index contributed by atoms with van der Waals surface area (Å²) < 4.78 is 1.46. The second kappa shape index (κ2) is 15.2. The van der Waals surface area contributed by atoms with Gasteiger partial charge in [-0.25, -0.2) is 11.1 Å². The Kier molecular flexibility index (Phi) is 13.8. The normalized spacial score (nSPS) is 14.5. The maximum Gasteiger partial charge on any atom is -1.00 e. The summed E-state index contributed by atoms with van der Waals surface area (Å²) in [5.41, 5.74) is 8.62. The Morgan fingerprint density at radius 1 is 0.732 bits per heavy atom. The van der Waals surface area contributed by atoms with Gasteiger partial charge in [-0.1, -0.05) is 96.7 Å². The van der Waals surface area contributed by atoms with Crippen LogP contribution in [0, 0.1) is 18.9 Å². The molecule has 41 heavy (non-hydrogen) atoms. The van der Waals surface area contributed by atoms with Crippen LogP contribution in [0.15, 0.2) is 84.0 Å². The van der Waals surface area contributed by atoms with Crippen LogP contribution in [0.2, 0.25) is 0 Å². The molecule has 0 aromatic heterocycles. The molecule has 4 aromatic rings. The summed E-state index contributed by atoms with van der Waals surface area (Å²) in [5, 5.41) is 5.49. The molecule has 0 saturated carbocycles. The van der Waals surface area contributed by atoms with E-state index in [4.69, 9.17) is 0 Å². The number of allylic oxidation sites excluding steroid dienone is 4. The van der Waals surface area contributed by atoms with Crippen molar-refractivity contribution < 1.29 is 49.0 Å². The third-order valence-electron chi connectivity index (χ3n) is 7.46. The van der Waals surface area contributed by atoms with Crippen LogP contribution in [0.3, 0.4) is 0 Å². The van der Waals surface area contributed by atoms with E-state index in [1.54, 1.807) is 0 Å². The Morgan fingerprint density at radius 3 is 1.46 bits per heavy atom. The first-order valence-corrected chi connectivity index (χ1v) is 15.3. The summed E-state index contributed by atoms with van der Waals surface area (Å²) in [6, 6.07) is 24.8. The van der Waals surface area contributed by atoms with Gasteiger partial charge in [0.05, 0.1) is 0 Å². The zero-order valence-electron chi connectivity index (χ0n) is 26.8. The summed E-state index contributed by atoms with van der Waals surface area (Å²) in [7, 11) is 0. The van der Waals surface area contributed by atoms with Crippen LogP contribution in [-0.4, -0.2) is 3.21 Å². The fraction of sp³-hybridized carbons (Fsp3) is 0.368. The van der Waals surface area contributed by atoms with Crippen LogP contribution in [0.5, 0.6) is 0 Å². The molecular formula is C38H46Cl2Zr-2. The van der Waals surface area contributed by atoms with E-state index in [1.165, 1.54) is 82.4 Å². The minimum atomic E-state index is 0. The zero-order valence-corrected chi connectivity index (χ0v) is 30.7. The number of hydrogen-bond acceptors (Lipinski definition) is 0. The molecule has 0 bridgehead atoms. The number of halogens is 2. The van der Waals surface area contributed by atoms with E-state index in [0.717, 1.165) is 0 Å². The van der Waals surface area contributed by atoms with Gasteiger partial charge in [-0.05, 0) is 10.8 Å². The Labute approximate surface area is 277 Å². The smallest absolute Gasteiger partial charge is 1.00 e. The number of hydrogen-bond donors (Lipinski definition) is 0. The SMILES string of the molecule is CC(C)(C)c1ccc2[cH-]c3ccc(C(C)(C)C)cc3c2c1.CC1=[C-]C(C)C=C1C.C[C](=[Zr+2])c1ccc(C)cc1.[Cl-].[Cl-]. The molecule has 0 saturated heterocycles. The standard InChI is InChI=1S/C21H25.C9H10.C8H11.2ClH.Zr/c1-20(2,3)16-9-7-14-11-15-8-10-17(21(4,5)6)13-19(15)18(14)12-16;1-3-9-6-4-8(2)5-7-9;1-6-4-7(2)8(3)5-6;;;/h7-13H,1-6H3;4-7H,1-2H3;4,6H,1-3H3;2*1H;/q-1;;-1;;;+2/p-2. The van der Waals surface area contributed by atoms with Gasteiger partial charge in [0.15, 0.2) is 0 Å². The Hall–Kier alpha value is -1.66. The van der Waals surface area contributed by atoms with E-state index >= 15 is 0 Å². The van der Waals surface area contributed by atoms with E-state index in [0.29, 0.717) is 5.92 Å². The van der Waals surface area contributed by atoms with Crippen molar-refractivity contribution in [1.29, 1.82) is 0 Å². The third kappa shape index (κ3) is 10.2. The van der Waals surface area contributed by atoms with Crippen molar-refractivity contribution in [3.8, 4) is 0 Å². The van der Waals surface area contributed by atoms with Gasteiger partial charge in [0.25, 0.3) is 0 Å². The molecule has 1 atom stereocenters. The molecule has 0 N–H and O–H groups in total. The molecule has 0 spiro atoms. The minimum Gasteiger partial charge on any atom is -1.00 e. The van der Waals surface area contributed by atoms with E-state index in [9.17, 15) is 0 Å². The number of benzene rings is 3. The van der Waals surface area contributed by atoms with Crippen molar-refractivity contribution in [2.24, 2.45) is 5.92 Å². The monoisotopic (exact) mass is 662 g/mol. The summed E-state index contributed by atoms with van der Waals surface area (Å²) in [6.45, 7) is 24.3. The molecule has 5 rings (SSSR count). The van der Waals surface area contributed by atoms with Crippen molar-refractivity contribution in [3.05, 3.63) is 112 Å². The summed E-state index contributed by atoms with van der Waals surface area (Å²) in [4.78, 5) is 0. The number of rotatable bonds is 1. The van der Waals surface area contributed by atoms with Gasteiger partial charge in [-0.15, -0.1) is 46.7 Å². The molecule has 0 nitrogen and oxygen atoms in total. The molecule has 0 amide bonds. The first-order valence-electron chi connectivity index (χ1n) is 14.1. The Bertz CT molecular complexity index is 1430. The molecule has 0 heterocycles. The molecule has 218 valence electrons. The Morgan fingerprint density at radius 2 is 1.17 bits per heavy atom. The van der Waals surface area contributed by atoms with Crippen molar-refractivity contribution in [1.82, 2.24) is 0 Å². The second-order valence-electron chi connectivity index (χ2n) is 13.1. The van der Waals surface area contributed by atoms with Gasteiger partial charge in [0.2, 0.25) is 0 Å². The quantitative estimate of drug-likeness (QED) is 0.259. The predicted octanol–water partition coefficient (Wildman–Crippen LogP) is 4.73. The topological polar surface area (TPSA) is 0 Å². The van der Waals surface area contributed by atoms with Gasteiger partial charge in [-0.2, -0.15) is 6.08 Å². The average molecular weight is 665 g/mol. The first-order chi connectivity index (χ1) is 18.1. The zero-order chi connectivity index (χ0) is 29.1. The molecular weight excluding hydrogens is 619 g/mol. The third-order valence-corrected chi connectivity index (χ3v) is 8.17. The minimum absolute atomic E-state index is 0. The van der Waals surface area contributed by atoms with Gasteiger partial charge < -0.3 is 24.8 Å². The Balaban J connectivity index is 0.000000352. The van der Waals surface area contributed by atoms with E-state index in [2.05, 4.69) is 155 Å². The molecule has 1 aliphatic rings. The van der Waals surface area contributed by atoms with Gasteiger partial charge in [0.1, 0.15) is 0 Å². The maximum absolute atomic E-state index is 3.29. The van der Waals surface area contributed by atoms with Crippen molar-refractivity contribution >= 4 is 24.8 Å². The largest absolute Gasteiger partial charge is 1.00 e. The maximum atomic E-state index is 3.29.